The van der Waals surface area contributed by atoms with Gasteiger partial charge in [0.05, 0.1) is 13.2 Å². The van der Waals surface area contributed by atoms with E-state index in [1.165, 1.54) is 0 Å². The molecule has 0 heterocycles. The minimum absolute atomic E-state index is 0.181. The van der Waals surface area contributed by atoms with E-state index >= 15 is 0 Å². The van der Waals surface area contributed by atoms with E-state index in [9.17, 15) is 4.79 Å². The maximum atomic E-state index is 11.0. The van der Waals surface area contributed by atoms with Crippen LogP contribution in [0.5, 0.6) is 0 Å². The summed E-state index contributed by atoms with van der Waals surface area (Å²) in [5.74, 6) is 2.36. The molecule has 0 bridgehead atoms. The Morgan fingerprint density at radius 3 is 2.93 bits per heavy atom. The summed E-state index contributed by atoms with van der Waals surface area (Å²) in [4.78, 5) is 11.0. The van der Waals surface area contributed by atoms with E-state index in [1.54, 1.807) is 0 Å². The monoisotopic (exact) mass is 197 g/mol. The lowest BCUT2D eigenvalue weighted by molar-refractivity contribution is -0.142. The van der Waals surface area contributed by atoms with E-state index in [2.05, 4.69) is 18.2 Å². The second-order valence-electron chi connectivity index (χ2n) is 3.06. The molecule has 0 aliphatic heterocycles. The fourth-order valence-electron chi connectivity index (χ4n) is 0.887. The van der Waals surface area contributed by atoms with Crippen LogP contribution >= 0.6 is 0 Å². The van der Waals surface area contributed by atoms with Crippen molar-refractivity contribution < 1.29 is 9.53 Å². The molecule has 3 nitrogen and oxygen atoms in total. The van der Waals surface area contributed by atoms with Gasteiger partial charge in [-0.3, -0.25) is 4.79 Å². The van der Waals surface area contributed by atoms with Gasteiger partial charge in [0.25, 0.3) is 0 Å². The molecule has 0 aliphatic carbocycles. The molecule has 0 aromatic carbocycles. The van der Waals surface area contributed by atoms with Crippen LogP contribution in [-0.2, 0) is 9.53 Å². The zero-order valence-corrected chi connectivity index (χ0v) is 8.84. The average Bonchev–Trinajstić information content (AvgIpc) is 2.18. The van der Waals surface area contributed by atoms with Crippen molar-refractivity contribution >= 4 is 5.97 Å². The SMILES string of the molecule is C#CCCCNCC(=O)OCCCC. The van der Waals surface area contributed by atoms with Gasteiger partial charge >= 0.3 is 5.97 Å². The number of terminal acetylenes is 1. The number of unbranched alkanes of at least 4 members (excludes halogenated alkanes) is 2. The van der Waals surface area contributed by atoms with Crippen LogP contribution in [-0.4, -0.2) is 25.7 Å². The first-order valence-electron chi connectivity index (χ1n) is 5.11. The number of ether oxygens (including phenoxy) is 1. The molecular formula is C11H19NO2. The zero-order chi connectivity index (χ0) is 10.6. The normalized spacial score (nSPS) is 9.43. The summed E-state index contributed by atoms with van der Waals surface area (Å²) in [5.41, 5.74) is 0. The van der Waals surface area contributed by atoms with Crippen LogP contribution in [0.3, 0.4) is 0 Å². The average molecular weight is 197 g/mol. The Hall–Kier alpha value is -1.01. The molecule has 1 N–H and O–H groups in total. The van der Waals surface area contributed by atoms with Crippen LogP contribution < -0.4 is 5.32 Å². The molecule has 3 heteroatoms. The van der Waals surface area contributed by atoms with Gasteiger partial charge in [0.1, 0.15) is 0 Å². The molecule has 0 fully saturated rings. The predicted molar refractivity (Wildman–Crippen MR) is 56.8 cm³/mol. The Kier molecular flexibility index (Phi) is 9.35. The Balaban J connectivity index is 3.15. The highest BCUT2D eigenvalue weighted by Gasteiger charge is 2.00. The van der Waals surface area contributed by atoms with Crippen molar-refractivity contribution in [2.45, 2.75) is 32.6 Å². The van der Waals surface area contributed by atoms with Crippen molar-refractivity contribution in [3.8, 4) is 12.3 Å². The van der Waals surface area contributed by atoms with Gasteiger partial charge in [-0.25, -0.2) is 0 Å². The molecule has 0 aromatic rings. The zero-order valence-electron chi connectivity index (χ0n) is 8.84. The molecule has 0 spiro atoms. The predicted octanol–water partition coefficient (Wildman–Crippen LogP) is 1.33. The highest BCUT2D eigenvalue weighted by atomic mass is 16.5. The maximum absolute atomic E-state index is 11.0. The molecule has 14 heavy (non-hydrogen) atoms. The standard InChI is InChI=1S/C11H19NO2/c1-3-5-7-8-12-10-11(13)14-9-6-4-2/h1,12H,4-10H2,2H3. The van der Waals surface area contributed by atoms with Gasteiger partial charge < -0.3 is 10.1 Å². The second-order valence-corrected chi connectivity index (χ2v) is 3.06. The number of esters is 1. The van der Waals surface area contributed by atoms with Crippen molar-refractivity contribution in [2.24, 2.45) is 0 Å². The molecular weight excluding hydrogens is 178 g/mol. The minimum atomic E-state index is -0.181. The van der Waals surface area contributed by atoms with Crippen molar-refractivity contribution in [1.29, 1.82) is 0 Å². The number of hydrogen-bond acceptors (Lipinski definition) is 3. The summed E-state index contributed by atoms with van der Waals surface area (Å²) in [6.45, 7) is 3.65. The summed E-state index contributed by atoms with van der Waals surface area (Å²) in [6.07, 6.45) is 8.71. The summed E-state index contributed by atoms with van der Waals surface area (Å²) < 4.78 is 4.95. The van der Waals surface area contributed by atoms with Crippen LogP contribution in [0.25, 0.3) is 0 Å². The first-order valence-corrected chi connectivity index (χ1v) is 5.11. The molecule has 0 saturated carbocycles. The molecule has 0 aliphatic rings. The van der Waals surface area contributed by atoms with Gasteiger partial charge in [0.2, 0.25) is 0 Å². The smallest absolute Gasteiger partial charge is 0.319 e. The highest BCUT2D eigenvalue weighted by Crippen LogP contribution is 1.88. The Morgan fingerprint density at radius 1 is 1.50 bits per heavy atom. The molecule has 0 saturated heterocycles. The van der Waals surface area contributed by atoms with Gasteiger partial charge in [-0.1, -0.05) is 13.3 Å². The Morgan fingerprint density at radius 2 is 2.29 bits per heavy atom. The van der Waals surface area contributed by atoms with Crippen molar-refractivity contribution in [3.05, 3.63) is 0 Å². The summed E-state index contributed by atoms with van der Waals surface area (Å²) in [6, 6.07) is 0. The van der Waals surface area contributed by atoms with Crippen LogP contribution in [0.1, 0.15) is 32.6 Å². The highest BCUT2D eigenvalue weighted by molar-refractivity contribution is 5.71. The lowest BCUT2D eigenvalue weighted by Gasteiger charge is -2.04. The lowest BCUT2D eigenvalue weighted by Crippen LogP contribution is -2.25. The van der Waals surface area contributed by atoms with Gasteiger partial charge in [0.15, 0.2) is 0 Å². The Bertz CT molecular complexity index is 184. The van der Waals surface area contributed by atoms with E-state index in [-0.39, 0.29) is 12.5 Å². The van der Waals surface area contributed by atoms with Crippen molar-refractivity contribution in [2.75, 3.05) is 19.7 Å². The molecule has 0 unspecified atom stereocenters. The Labute approximate surface area is 86.2 Å². The lowest BCUT2D eigenvalue weighted by atomic mass is 10.3. The maximum Gasteiger partial charge on any atom is 0.319 e. The quantitative estimate of drug-likeness (QED) is 0.362. The van der Waals surface area contributed by atoms with Gasteiger partial charge in [-0.2, -0.15) is 0 Å². The number of carbonyl (C=O) groups excluding carboxylic acids is 1. The molecule has 80 valence electrons. The van der Waals surface area contributed by atoms with Gasteiger partial charge in [-0.05, 0) is 19.4 Å². The van der Waals surface area contributed by atoms with E-state index in [4.69, 9.17) is 11.2 Å². The van der Waals surface area contributed by atoms with Crippen molar-refractivity contribution in [3.63, 3.8) is 0 Å². The first-order chi connectivity index (χ1) is 6.81. The third-order valence-corrected chi connectivity index (χ3v) is 1.70. The van der Waals surface area contributed by atoms with Crippen LogP contribution in [0.2, 0.25) is 0 Å². The number of rotatable bonds is 8. The van der Waals surface area contributed by atoms with Gasteiger partial charge in [0, 0.05) is 6.42 Å². The van der Waals surface area contributed by atoms with E-state index in [1.807, 2.05) is 0 Å². The largest absolute Gasteiger partial charge is 0.465 e. The van der Waals surface area contributed by atoms with Gasteiger partial charge in [-0.15, -0.1) is 12.3 Å². The van der Waals surface area contributed by atoms with E-state index in [0.717, 1.165) is 32.2 Å². The fraction of sp³-hybridized carbons (Fsp3) is 0.727. The van der Waals surface area contributed by atoms with Crippen molar-refractivity contribution in [1.82, 2.24) is 5.32 Å². The van der Waals surface area contributed by atoms with Crippen LogP contribution in [0.15, 0.2) is 0 Å². The fourth-order valence-corrected chi connectivity index (χ4v) is 0.887. The molecule has 0 radical (unpaired) electrons. The molecule has 0 rings (SSSR count). The third kappa shape index (κ3) is 9.08. The minimum Gasteiger partial charge on any atom is -0.465 e. The van der Waals surface area contributed by atoms with Crippen LogP contribution in [0.4, 0.5) is 0 Å². The third-order valence-electron chi connectivity index (χ3n) is 1.70. The summed E-state index contributed by atoms with van der Waals surface area (Å²) >= 11 is 0. The summed E-state index contributed by atoms with van der Waals surface area (Å²) in [7, 11) is 0. The van der Waals surface area contributed by atoms with E-state index in [0.29, 0.717) is 6.61 Å². The molecule has 0 atom stereocenters. The topological polar surface area (TPSA) is 38.3 Å². The van der Waals surface area contributed by atoms with Crippen LogP contribution in [0, 0.1) is 12.3 Å². The number of hydrogen-bond donors (Lipinski definition) is 1. The number of nitrogens with one attached hydrogen (secondary N) is 1. The second kappa shape index (κ2) is 10.1. The number of carbonyl (C=O) groups is 1. The molecule has 0 aromatic heterocycles. The van der Waals surface area contributed by atoms with E-state index < -0.39 is 0 Å². The summed E-state index contributed by atoms with van der Waals surface area (Å²) in [5, 5.41) is 2.98. The first kappa shape index (κ1) is 13.0. The molecule has 0 amide bonds.